The Kier molecular flexibility index (Phi) is 4.07. The first-order valence-electron chi connectivity index (χ1n) is 8.00. The van der Waals surface area contributed by atoms with Crippen LogP contribution in [0.25, 0.3) is 16.3 Å². The molecule has 0 amide bonds. The van der Waals surface area contributed by atoms with Gasteiger partial charge >= 0.3 is 0 Å². The summed E-state index contributed by atoms with van der Waals surface area (Å²) in [6.07, 6.45) is 1.81. The molecule has 0 radical (unpaired) electrons. The first-order chi connectivity index (χ1) is 12.2. The minimum Gasteiger partial charge on any atom is -0.457 e. The highest BCUT2D eigenvalue weighted by atomic mass is 32.1. The third-order valence-corrected chi connectivity index (χ3v) is 4.64. The van der Waals surface area contributed by atoms with Crippen molar-refractivity contribution < 1.29 is 4.74 Å². The molecule has 0 aliphatic heterocycles. The summed E-state index contributed by atoms with van der Waals surface area (Å²) in [7, 11) is 0. The number of aromatic nitrogens is 3. The van der Waals surface area contributed by atoms with Crippen LogP contribution in [0.1, 0.15) is 11.4 Å². The number of hydrogen-bond donors (Lipinski definition) is 0. The van der Waals surface area contributed by atoms with E-state index in [1.54, 1.807) is 11.3 Å². The molecule has 2 heterocycles. The van der Waals surface area contributed by atoms with Gasteiger partial charge in [-0.05, 0) is 44.2 Å². The summed E-state index contributed by atoms with van der Waals surface area (Å²) >= 11 is 1.62. The molecular formula is C20H17N3OS. The Morgan fingerprint density at radius 1 is 0.960 bits per heavy atom. The predicted octanol–water partition coefficient (Wildman–Crippen LogP) is 5.40. The van der Waals surface area contributed by atoms with E-state index in [0.717, 1.165) is 39.1 Å². The Balaban J connectivity index is 1.62. The van der Waals surface area contributed by atoms with Crippen molar-refractivity contribution in [2.75, 3.05) is 0 Å². The predicted molar refractivity (Wildman–Crippen MR) is 101 cm³/mol. The molecule has 0 atom stereocenters. The number of aryl methyl sites for hydroxylation is 2. The van der Waals surface area contributed by atoms with Gasteiger partial charge in [0.05, 0.1) is 11.4 Å². The second kappa shape index (κ2) is 6.53. The molecule has 2 aromatic heterocycles. The molecular weight excluding hydrogens is 330 g/mol. The van der Waals surface area contributed by atoms with Crippen LogP contribution < -0.4 is 4.74 Å². The van der Waals surface area contributed by atoms with E-state index in [2.05, 4.69) is 16.1 Å². The number of benzene rings is 2. The van der Waals surface area contributed by atoms with Gasteiger partial charge in [-0.1, -0.05) is 18.2 Å². The lowest BCUT2D eigenvalue weighted by Gasteiger charge is -2.09. The molecule has 4 nitrogen and oxygen atoms in total. The molecule has 0 aliphatic rings. The summed E-state index contributed by atoms with van der Waals surface area (Å²) in [6, 6.07) is 18.0. The van der Waals surface area contributed by atoms with E-state index in [-0.39, 0.29) is 0 Å². The highest BCUT2D eigenvalue weighted by Crippen LogP contribution is 2.29. The molecule has 0 unspecified atom stereocenters. The number of hydrogen-bond acceptors (Lipinski definition) is 4. The summed E-state index contributed by atoms with van der Waals surface area (Å²) in [5.74, 6) is 1.57. The summed E-state index contributed by atoms with van der Waals surface area (Å²) in [4.78, 5) is 4.35. The monoisotopic (exact) mass is 347 g/mol. The van der Waals surface area contributed by atoms with Crippen LogP contribution in [0.4, 0.5) is 0 Å². The van der Waals surface area contributed by atoms with E-state index in [4.69, 9.17) is 4.74 Å². The van der Waals surface area contributed by atoms with E-state index in [9.17, 15) is 0 Å². The summed E-state index contributed by atoms with van der Waals surface area (Å²) < 4.78 is 7.99. The number of thiazole rings is 1. The normalized spacial score (nSPS) is 10.8. The fourth-order valence-corrected chi connectivity index (χ4v) is 3.40. The molecule has 25 heavy (non-hydrogen) atoms. The standard InChI is InChI=1S/C20H17N3OS/c1-14-11-15(2)23(22-14)17-6-4-8-19(13-17)24-18-7-3-5-16(12-18)20-21-9-10-25-20/h3-13H,1-2H3. The first kappa shape index (κ1) is 15.6. The lowest BCUT2D eigenvalue weighted by atomic mass is 10.2. The first-order valence-corrected chi connectivity index (χ1v) is 8.88. The van der Waals surface area contributed by atoms with E-state index in [0.29, 0.717) is 0 Å². The van der Waals surface area contributed by atoms with Crippen LogP contribution in [-0.4, -0.2) is 14.8 Å². The van der Waals surface area contributed by atoms with Crippen molar-refractivity contribution in [3.05, 3.63) is 77.6 Å². The lowest BCUT2D eigenvalue weighted by Crippen LogP contribution is -1.99. The van der Waals surface area contributed by atoms with Crippen LogP contribution in [0.5, 0.6) is 11.5 Å². The highest BCUT2D eigenvalue weighted by Gasteiger charge is 2.07. The Labute approximate surface area is 150 Å². The van der Waals surface area contributed by atoms with Crippen LogP contribution in [0, 0.1) is 13.8 Å². The molecule has 0 spiro atoms. The van der Waals surface area contributed by atoms with Gasteiger partial charge in [0.25, 0.3) is 0 Å². The van der Waals surface area contributed by atoms with Gasteiger partial charge in [0.1, 0.15) is 16.5 Å². The molecule has 0 saturated carbocycles. The van der Waals surface area contributed by atoms with E-state index < -0.39 is 0 Å². The molecule has 0 aliphatic carbocycles. The van der Waals surface area contributed by atoms with Crippen molar-refractivity contribution in [3.63, 3.8) is 0 Å². The minimum absolute atomic E-state index is 0.779. The van der Waals surface area contributed by atoms with E-state index in [1.807, 2.05) is 78.6 Å². The highest BCUT2D eigenvalue weighted by molar-refractivity contribution is 7.13. The zero-order valence-electron chi connectivity index (χ0n) is 14.0. The molecule has 4 aromatic rings. The van der Waals surface area contributed by atoms with Crippen molar-refractivity contribution in [2.24, 2.45) is 0 Å². The molecule has 4 rings (SSSR count). The van der Waals surface area contributed by atoms with Crippen LogP contribution in [0.3, 0.4) is 0 Å². The number of rotatable bonds is 4. The van der Waals surface area contributed by atoms with Gasteiger partial charge < -0.3 is 4.74 Å². The topological polar surface area (TPSA) is 39.9 Å². The molecule has 124 valence electrons. The second-order valence-electron chi connectivity index (χ2n) is 5.80. The van der Waals surface area contributed by atoms with E-state index in [1.165, 1.54) is 0 Å². The second-order valence-corrected chi connectivity index (χ2v) is 6.70. The Morgan fingerprint density at radius 3 is 2.48 bits per heavy atom. The Hall–Kier alpha value is -2.92. The van der Waals surface area contributed by atoms with Crippen molar-refractivity contribution in [3.8, 4) is 27.8 Å². The minimum atomic E-state index is 0.779. The van der Waals surface area contributed by atoms with Crippen molar-refractivity contribution in [2.45, 2.75) is 13.8 Å². The van der Waals surface area contributed by atoms with Gasteiger partial charge in [0.15, 0.2) is 0 Å². The van der Waals surface area contributed by atoms with Gasteiger partial charge in [-0.25, -0.2) is 9.67 Å². The van der Waals surface area contributed by atoms with Crippen LogP contribution >= 0.6 is 11.3 Å². The quantitative estimate of drug-likeness (QED) is 0.496. The maximum absolute atomic E-state index is 6.06. The van der Waals surface area contributed by atoms with Crippen molar-refractivity contribution in [1.82, 2.24) is 14.8 Å². The van der Waals surface area contributed by atoms with Crippen molar-refractivity contribution in [1.29, 1.82) is 0 Å². The third kappa shape index (κ3) is 3.32. The van der Waals surface area contributed by atoms with Gasteiger partial charge in [0.2, 0.25) is 0 Å². The maximum Gasteiger partial charge on any atom is 0.129 e. The number of ether oxygens (including phenoxy) is 1. The molecule has 5 heteroatoms. The van der Waals surface area contributed by atoms with Crippen molar-refractivity contribution >= 4 is 11.3 Å². The van der Waals surface area contributed by atoms with Crippen LogP contribution in [-0.2, 0) is 0 Å². The third-order valence-electron chi connectivity index (χ3n) is 3.82. The van der Waals surface area contributed by atoms with Crippen LogP contribution in [0.2, 0.25) is 0 Å². The largest absolute Gasteiger partial charge is 0.457 e. The van der Waals surface area contributed by atoms with Crippen LogP contribution in [0.15, 0.2) is 66.2 Å². The van der Waals surface area contributed by atoms with Gasteiger partial charge in [0, 0.05) is 28.9 Å². The van der Waals surface area contributed by atoms with E-state index >= 15 is 0 Å². The zero-order valence-corrected chi connectivity index (χ0v) is 14.8. The summed E-state index contributed by atoms with van der Waals surface area (Å²) in [5, 5.41) is 7.49. The van der Waals surface area contributed by atoms with Gasteiger partial charge in [-0.3, -0.25) is 0 Å². The summed E-state index contributed by atoms with van der Waals surface area (Å²) in [6.45, 7) is 4.04. The van der Waals surface area contributed by atoms with Gasteiger partial charge in [-0.2, -0.15) is 5.10 Å². The molecule has 0 saturated heterocycles. The average molecular weight is 347 g/mol. The molecule has 0 bridgehead atoms. The molecule has 0 N–H and O–H groups in total. The SMILES string of the molecule is Cc1cc(C)n(-c2cccc(Oc3cccc(-c4nccs4)c3)c2)n1. The smallest absolute Gasteiger partial charge is 0.129 e. The molecule has 2 aromatic carbocycles. The molecule has 0 fully saturated rings. The Morgan fingerprint density at radius 2 is 1.76 bits per heavy atom. The average Bonchev–Trinajstić information content (AvgIpc) is 3.25. The Bertz CT molecular complexity index is 1010. The summed E-state index contributed by atoms with van der Waals surface area (Å²) in [5.41, 5.74) is 4.14. The fourth-order valence-electron chi connectivity index (χ4n) is 2.76. The maximum atomic E-state index is 6.06. The number of nitrogens with zero attached hydrogens (tertiary/aromatic N) is 3. The van der Waals surface area contributed by atoms with Gasteiger partial charge in [-0.15, -0.1) is 11.3 Å². The zero-order chi connectivity index (χ0) is 17.2. The fraction of sp³-hybridized carbons (Fsp3) is 0.100. The lowest BCUT2D eigenvalue weighted by molar-refractivity contribution is 0.482.